The van der Waals surface area contributed by atoms with Gasteiger partial charge >= 0.3 is 5.97 Å². The van der Waals surface area contributed by atoms with Crippen molar-refractivity contribution in [3.05, 3.63) is 34.9 Å². The lowest BCUT2D eigenvalue weighted by atomic mass is 9.74. The number of carbonyl (C=O) groups is 1. The van der Waals surface area contributed by atoms with E-state index in [0.717, 1.165) is 0 Å². The largest absolute Gasteiger partial charge is 0.481 e. The van der Waals surface area contributed by atoms with Crippen LogP contribution in [0.5, 0.6) is 0 Å². The maximum absolute atomic E-state index is 11.3. The van der Waals surface area contributed by atoms with Crippen LogP contribution in [0.2, 0.25) is 0 Å². The van der Waals surface area contributed by atoms with Gasteiger partial charge in [-0.3, -0.25) is 4.79 Å². The molecule has 0 aliphatic rings. The van der Waals surface area contributed by atoms with E-state index >= 15 is 0 Å². The Hall–Kier alpha value is -1.35. The van der Waals surface area contributed by atoms with Crippen LogP contribution in [0.4, 0.5) is 0 Å². The van der Waals surface area contributed by atoms with Gasteiger partial charge in [0.15, 0.2) is 0 Å². The maximum Gasteiger partial charge on any atom is 0.310 e. The Morgan fingerprint density at radius 3 is 2.21 bits per heavy atom. The predicted octanol–water partition coefficient (Wildman–Crippen LogP) is 3.28. The molecule has 1 aromatic rings. The van der Waals surface area contributed by atoms with Crippen LogP contribution in [0.15, 0.2) is 18.2 Å². The molecule has 0 saturated carbocycles. The number of aryl methyl sites for hydroxylation is 2. The minimum Gasteiger partial charge on any atom is -0.481 e. The van der Waals surface area contributed by atoms with Gasteiger partial charge in [0, 0.05) is 12.1 Å². The molecule has 0 aliphatic carbocycles. The molecule has 19 heavy (non-hydrogen) atoms. The van der Waals surface area contributed by atoms with Gasteiger partial charge in [-0.15, -0.1) is 0 Å². The van der Waals surface area contributed by atoms with Gasteiger partial charge in [-0.2, -0.15) is 0 Å². The molecule has 0 heterocycles. The fraction of sp³-hybridized carbons (Fsp3) is 0.562. The van der Waals surface area contributed by atoms with E-state index in [-0.39, 0.29) is 0 Å². The molecule has 2 N–H and O–H groups in total. The molecule has 106 valence electrons. The zero-order chi connectivity index (χ0) is 14.8. The van der Waals surface area contributed by atoms with Crippen molar-refractivity contribution in [2.45, 2.75) is 53.6 Å². The molecule has 3 nitrogen and oxygen atoms in total. The summed E-state index contributed by atoms with van der Waals surface area (Å²) in [5.74, 6) is -0.787. The fourth-order valence-electron chi connectivity index (χ4n) is 1.72. The van der Waals surface area contributed by atoms with E-state index in [1.165, 1.54) is 16.7 Å². The van der Waals surface area contributed by atoms with Crippen molar-refractivity contribution in [1.29, 1.82) is 0 Å². The fourth-order valence-corrected chi connectivity index (χ4v) is 1.72. The SMILES string of the molecule is Cc1ccc(CNC(C)(C)C(C)(C)C(=O)O)cc1C. The molecule has 0 fully saturated rings. The lowest BCUT2D eigenvalue weighted by Gasteiger charge is -2.39. The molecule has 0 radical (unpaired) electrons. The van der Waals surface area contributed by atoms with Gasteiger partial charge in [0.2, 0.25) is 0 Å². The topological polar surface area (TPSA) is 49.3 Å². The summed E-state index contributed by atoms with van der Waals surface area (Å²) < 4.78 is 0. The number of hydrogen-bond acceptors (Lipinski definition) is 2. The Morgan fingerprint density at radius 1 is 1.16 bits per heavy atom. The molecule has 0 aromatic heterocycles. The Kier molecular flexibility index (Phi) is 4.41. The quantitative estimate of drug-likeness (QED) is 0.857. The van der Waals surface area contributed by atoms with Gasteiger partial charge in [0.1, 0.15) is 0 Å². The average Bonchev–Trinajstić information content (AvgIpc) is 2.30. The zero-order valence-electron chi connectivity index (χ0n) is 12.8. The predicted molar refractivity (Wildman–Crippen MR) is 78.3 cm³/mol. The second kappa shape index (κ2) is 5.33. The molecular weight excluding hydrogens is 238 g/mol. The minimum atomic E-state index is -0.827. The maximum atomic E-state index is 11.3. The molecule has 0 atom stereocenters. The summed E-state index contributed by atoms with van der Waals surface area (Å²) in [5.41, 5.74) is 2.39. The summed E-state index contributed by atoms with van der Waals surface area (Å²) in [4.78, 5) is 11.3. The van der Waals surface area contributed by atoms with Crippen LogP contribution >= 0.6 is 0 Å². The van der Waals surface area contributed by atoms with Crippen LogP contribution in [0.3, 0.4) is 0 Å². The van der Waals surface area contributed by atoms with Crippen LogP contribution in [0.1, 0.15) is 44.4 Å². The second-order valence-corrected chi connectivity index (χ2v) is 6.33. The Bertz CT molecular complexity index is 476. The van der Waals surface area contributed by atoms with Crippen molar-refractivity contribution in [3.8, 4) is 0 Å². The summed E-state index contributed by atoms with van der Waals surface area (Å²) >= 11 is 0. The highest BCUT2D eigenvalue weighted by Gasteiger charge is 2.42. The number of rotatable bonds is 5. The van der Waals surface area contributed by atoms with E-state index in [9.17, 15) is 9.90 Å². The van der Waals surface area contributed by atoms with Crippen LogP contribution in [0, 0.1) is 19.3 Å². The van der Waals surface area contributed by atoms with Crippen LogP contribution in [-0.4, -0.2) is 16.6 Å². The number of carboxylic acid groups (broad SMARTS) is 1. The van der Waals surface area contributed by atoms with E-state index in [2.05, 4.69) is 37.4 Å². The molecule has 0 amide bonds. The van der Waals surface area contributed by atoms with Gasteiger partial charge in [-0.25, -0.2) is 0 Å². The third-order valence-electron chi connectivity index (χ3n) is 4.40. The number of aliphatic carboxylic acids is 1. The summed E-state index contributed by atoms with van der Waals surface area (Å²) in [5, 5.41) is 12.7. The first-order valence-corrected chi connectivity index (χ1v) is 6.62. The van der Waals surface area contributed by atoms with Crippen molar-refractivity contribution >= 4 is 5.97 Å². The smallest absolute Gasteiger partial charge is 0.310 e. The Morgan fingerprint density at radius 2 is 1.74 bits per heavy atom. The second-order valence-electron chi connectivity index (χ2n) is 6.33. The Balaban J connectivity index is 2.80. The van der Waals surface area contributed by atoms with Crippen molar-refractivity contribution in [1.82, 2.24) is 5.32 Å². The summed E-state index contributed by atoms with van der Waals surface area (Å²) in [6.45, 7) is 12.2. The highest BCUT2D eigenvalue weighted by atomic mass is 16.4. The standard InChI is InChI=1S/C16H25NO2/c1-11-7-8-13(9-12(11)2)10-17-16(5,6)15(3,4)14(18)19/h7-9,17H,10H2,1-6H3,(H,18,19). The lowest BCUT2D eigenvalue weighted by molar-refractivity contribution is -0.151. The van der Waals surface area contributed by atoms with E-state index in [1.54, 1.807) is 13.8 Å². The van der Waals surface area contributed by atoms with Crippen molar-refractivity contribution in [3.63, 3.8) is 0 Å². The van der Waals surface area contributed by atoms with E-state index in [0.29, 0.717) is 6.54 Å². The van der Waals surface area contributed by atoms with Crippen LogP contribution < -0.4 is 5.32 Å². The van der Waals surface area contributed by atoms with Crippen LogP contribution in [0.25, 0.3) is 0 Å². The third-order valence-corrected chi connectivity index (χ3v) is 4.40. The number of hydrogen-bond donors (Lipinski definition) is 2. The molecule has 0 saturated heterocycles. The van der Waals surface area contributed by atoms with Gasteiger partial charge < -0.3 is 10.4 Å². The normalized spacial score (nSPS) is 12.5. The first kappa shape index (κ1) is 15.7. The molecule has 1 aromatic carbocycles. The molecule has 0 unspecified atom stereocenters. The Labute approximate surface area is 116 Å². The zero-order valence-corrected chi connectivity index (χ0v) is 12.8. The molecular formula is C16H25NO2. The monoisotopic (exact) mass is 263 g/mol. The molecule has 0 spiro atoms. The highest BCUT2D eigenvalue weighted by molar-refractivity contribution is 5.75. The van der Waals surface area contributed by atoms with Crippen molar-refractivity contribution in [2.24, 2.45) is 5.41 Å². The average molecular weight is 263 g/mol. The number of carboxylic acids is 1. The van der Waals surface area contributed by atoms with E-state index in [4.69, 9.17) is 0 Å². The third kappa shape index (κ3) is 3.35. The van der Waals surface area contributed by atoms with E-state index in [1.807, 2.05) is 13.8 Å². The summed E-state index contributed by atoms with van der Waals surface area (Å²) in [6.07, 6.45) is 0. The molecule has 3 heteroatoms. The number of nitrogens with one attached hydrogen (secondary N) is 1. The first-order valence-electron chi connectivity index (χ1n) is 6.62. The molecule has 0 aliphatic heterocycles. The lowest BCUT2D eigenvalue weighted by Crippen LogP contribution is -2.54. The number of benzene rings is 1. The van der Waals surface area contributed by atoms with Crippen molar-refractivity contribution in [2.75, 3.05) is 0 Å². The summed E-state index contributed by atoms with van der Waals surface area (Å²) in [7, 11) is 0. The van der Waals surface area contributed by atoms with Gasteiger partial charge in [-0.05, 0) is 58.2 Å². The van der Waals surface area contributed by atoms with Gasteiger partial charge in [0.05, 0.1) is 5.41 Å². The summed E-state index contributed by atoms with van der Waals surface area (Å²) in [6, 6.07) is 6.33. The van der Waals surface area contributed by atoms with Crippen molar-refractivity contribution < 1.29 is 9.90 Å². The van der Waals surface area contributed by atoms with Crippen LogP contribution in [-0.2, 0) is 11.3 Å². The highest BCUT2D eigenvalue weighted by Crippen LogP contribution is 2.31. The molecule has 0 bridgehead atoms. The van der Waals surface area contributed by atoms with E-state index < -0.39 is 16.9 Å². The minimum absolute atomic E-state index is 0.488. The van der Waals surface area contributed by atoms with Gasteiger partial charge in [-0.1, -0.05) is 18.2 Å². The molecule has 1 rings (SSSR count). The van der Waals surface area contributed by atoms with Gasteiger partial charge in [0.25, 0.3) is 0 Å². The first-order chi connectivity index (χ1) is 8.58.